The normalized spacial score (nSPS) is 12.2. The fourth-order valence-corrected chi connectivity index (χ4v) is 2.45. The molecule has 0 aromatic heterocycles. The van der Waals surface area contributed by atoms with Gasteiger partial charge in [-0.15, -0.1) is 0 Å². The highest BCUT2D eigenvalue weighted by molar-refractivity contribution is 7.90. The van der Waals surface area contributed by atoms with Gasteiger partial charge in [-0.3, -0.25) is 4.99 Å². The van der Waals surface area contributed by atoms with Gasteiger partial charge in [0.15, 0.2) is 5.96 Å². The molecule has 0 fully saturated rings. The van der Waals surface area contributed by atoms with Crippen molar-refractivity contribution in [3.63, 3.8) is 0 Å². The number of hydrogen-bond donors (Lipinski definition) is 2. The van der Waals surface area contributed by atoms with Crippen molar-refractivity contribution in [3.8, 4) is 0 Å². The Balaban J connectivity index is 2.27. The summed E-state index contributed by atoms with van der Waals surface area (Å²) in [7, 11) is -1.25. The fourth-order valence-electron chi connectivity index (χ4n) is 2.03. The van der Waals surface area contributed by atoms with Crippen LogP contribution in [-0.2, 0) is 27.5 Å². The van der Waals surface area contributed by atoms with Crippen molar-refractivity contribution in [2.45, 2.75) is 19.9 Å². The molecule has 23 heavy (non-hydrogen) atoms. The van der Waals surface area contributed by atoms with Gasteiger partial charge < -0.3 is 15.4 Å². The van der Waals surface area contributed by atoms with Crippen LogP contribution in [0.15, 0.2) is 29.3 Å². The Morgan fingerprint density at radius 3 is 2.48 bits per heavy atom. The molecule has 0 bridgehead atoms. The van der Waals surface area contributed by atoms with Crippen molar-refractivity contribution in [1.29, 1.82) is 0 Å². The molecule has 6 nitrogen and oxygen atoms in total. The summed E-state index contributed by atoms with van der Waals surface area (Å²) in [5, 5.41) is 6.40. The standard InChI is InChI=1S/C16H27N3O3S/c1-4-14-7-5-6-8-15(14)13-19-16(17-2)18-9-10-22-11-12-23(3,20)21/h5-8H,4,9-13H2,1-3H3,(H2,17,18,19). The zero-order chi connectivity index (χ0) is 17.1. The predicted octanol–water partition coefficient (Wildman–Crippen LogP) is 0.975. The van der Waals surface area contributed by atoms with Crippen molar-refractivity contribution < 1.29 is 13.2 Å². The van der Waals surface area contributed by atoms with Crippen LogP contribution >= 0.6 is 0 Å². The molecule has 7 heteroatoms. The summed E-state index contributed by atoms with van der Waals surface area (Å²) in [6.45, 7) is 4.06. The van der Waals surface area contributed by atoms with Crippen LogP contribution in [0.2, 0.25) is 0 Å². The highest BCUT2D eigenvalue weighted by Gasteiger charge is 2.03. The van der Waals surface area contributed by atoms with Gasteiger partial charge in [-0.2, -0.15) is 0 Å². The van der Waals surface area contributed by atoms with Crippen molar-refractivity contribution in [3.05, 3.63) is 35.4 Å². The zero-order valence-corrected chi connectivity index (χ0v) is 14.9. The topological polar surface area (TPSA) is 79.8 Å². The van der Waals surface area contributed by atoms with Crippen LogP contribution in [0.5, 0.6) is 0 Å². The number of guanidine groups is 1. The first kappa shape index (κ1) is 19.4. The van der Waals surface area contributed by atoms with E-state index in [0.29, 0.717) is 25.7 Å². The molecule has 130 valence electrons. The molecular weight excluding hydrogens is 314 g/mol. The maximum atomic E-state index is 11.0. The van der Waals surface area contributed by atoms with E-state index < -0.39 is 9.84 Å². The lowest BCUT2D eigenvalue weighted by atomic mass is 10.1. The van der Waals surface area contributed by atoms with Gasteiger partial charge in [-0.05, 0) is 17.5 Å². The molecule has 2 N–H and O–H groups in total. The Kier molecular flexibility index (Phi) is 8.65. The first-order valence-electron chi connectivity index (χ1n) is 7.73. The highest BCUT2D eigenvalue weighted by atomic mass is 32.2. The minimum Gasteiger partial charge on any atom is -0.379 e. The van der Waals surface area contributed by atoms with Crippen molar-refractivity contribution >= 4 is 15.8 Å². The van der Waals surface area contributed by atoms with Crippen LogP contribution in [0, 0.1) is 0 Å². The molecule has 0 saturated heterocycles. The van der Waals surface area contributed by atoms with Crippen LogP contribution in [0.25, 0.3) is 0 Å². The van der Waals surface area contributed by atoms with Gasteiger partial charge in [-0.25, -0.2) is 8.42 Å². The average molecular weight is 341 g/mol. The summed E-state index contributed by atoms with van der Waals surface area (Å²) >= 11 is 0. The van der Waals surface area contributed by atoms with E-state index in [1.54, 1.807) is 7.05 Å². The van der Waals surface area contributed by atoms with E-state index in [0.717, 1.165) is 6.42 Å². The van der Waals surface area contributed by atoms with Crippen LogP contribution < -0.4 is 10.6 Å². The van der Waals surface area contributed by atoms with Crippen molar-refractivity contribution in [1.82, 2.24) is 10.6 Å². The average Bonchev–Trinajstić information content (AvgIpc) is 2.52. The minimum atomic E-state index is -2.96. The van der Waals surface area contributed by atoms with Crippen molar-refractivity contribution in [2.75, 3.05) is 38.8 Å². The predicted molar refractivity (Wildman–Crippen MR) is 94.6 cm³/mol. The van der Waals surface area contributed by atoms with Crippen LogP contribution in [0.1, 0.15) is 18.1 Å². The molecule has 0 aliphatic carbocycles. The Labute approximate surface area is 139 Å². The Hall–Kier alpha value is -1.60. The first-order chi connectivity index (χ1) is 11.0. The Morgan fingerprint density at radius 2 is 1.87 bits per heavy atom. The molecule has 0 atom stereocenters. The molecule has 0 spiro atoms. The molecule has 1 aromatic carbocycles. The number of nitrogens with one attached hydrogen (secondary N) is 2. The third-order valence-corrected chi connectivity index (χ3v) is 4.21. The van der Waals surface area contributed by atoms with Gasteiger partial charge in [0, 0.05) is 26.4 Å². The monoisotopic (exact) mass is 341 g/mol. The van der Waals surface area contributed by atoms with Crippen molar-refractivity contribution in [2.24, 2.45) is 4.99 Å². The summed E-state index contributed by atoms with van der Waals surface area (Å²) in [6, 6.07) is 8.31. The maximum Gasteiger partial charge on any atom is 0.191 e. The number of sulfone groups is 1. The van der Waals surface area contributed by atoms with Gasteiger partial charge in [0.2, 0.25) is 0 Å². The van der Waals surface area contributed by atoms with E-state index in [2.05, 4.69) is 34.7 Å². The number of hydrogen-bond acceptors (Lipinski definition) is 4. The van der Waals surface area contributed by atoms with Gasteiger partial charge in [0.1, 0.15) is 9.84 Å². The number of ether oxygens (including phenoxy) is 1. The van der Waals surface area contributed by atoms with Crippen LogP contribution in [-0.4, -0.2) is 53.2 Å². The molecule has 0 amide bonds. The molecule has 0 aliphatic rings. The lowest BCUT2D eigenvalue weighted by Gasteiger charge is -2.13. The number of nitrogens with zero attached hydrogens (tertiary/aromatic N) is 1. The number of aliphatic imine (C=N–C) groups is 1. The van der Waals surface area contributed by atoms with E-state index in [1.165, 1.54) is 17.4 Å². The van der Waals surface area contributed by atoms with E-state index in [9.17, 15) is 8.42 Å². The summed E-state index contributed by atoms with van der Waals surface area (Å²) in [5.41, 5.74) is 2.57. The quantitative estimate of drug-likeness (QED) is 0.398. The number of aryl methyl sites for hydroxylation is 1. The molecule has 1 rings (SSSR count). The second-order valence-corrected chi connectivity index (χ2v) is 7.48. The number of benzene rings is 1. The molecule has 0 radical (unpaired) electrons. The molecule has 1 aromatic rings. The second kappa shape index (κ2) is 10.2. The summed E-state index contributed by atoms with van der Waals surface area (Å²) in [5.74, 6) is 0.746. The van der Waals surface area contributed by atoms with E-state index in [-0.39, 0.29) is 12.4 Å². The summed E-state index contributed by atoms with van der Waals surface area (Å²) in [4.78, 5) is 4.16. The lowest BCUT2D eigenvalue weighted by Crippen LogP contribution is -2.38. The van der Waals surface area contributed by atoms with Crippen LogP contribution in [0.4, 0.5) is 0 Å². The second-order valence-electron chi connectivity index (χ2n) is 5.22. The van der Waals surface area contributed by atoms with Gasteiger partial charge in [-0.1, -0.05) is 31.2 Å². The lowest BCUT2D eigenvalue weighted by molar-refractivity contribution is 0.154. The smallest absolute Gasteiger partial charge is 0.191 e. The molecule has 0 unspecified atom stereocenters. The minimum absolute atomic E-state index is 0.0494. The van der Waals surface area contributed by atoms with E-state index >= 15 is 0 Å². The summed E-state index contributed by atoms with van der Waals surface area (Å²) < 4.78 is 27.2. The largest absolute Gasteiger partial charge is 0.379 e. The van der Waals surface area contributed by atoms with Gasteiger partial charge in [0.05, 0.1) is 19.0 Å². The SMILES string of the molecule is CCc1ccccc1CNC(=NC)NCCOCCS(C)(=O)=O. The molecule has 0 heterocycles. The van der Waals surface area contributed by atoms with Gasteiger partial charge >= 0.3 is 0 Å². The molecule has 0 saturated carbocycles. The third kappa shape index (κ3) is 8.56. The fraction of sp³-hybridized carbons (Fsp3) is 0.562. The van der Waals surface area contributed by atoms with Gasteiger partial charge in [0.25, 0.3) is 0 Å². The zero-order valence-electron chi connectivity index (χ0n) is 14.1. The Bertz CT molecular complexity index is 600. The van der Waals surface area contributed by atoms with Crippen LogP contribution in [0.3, 0.4) is 0 Å². The molecule has 0 aliphatic heterocycles. The Morgan fingerprint density at radius 1 is 1.17 bits per heavy atom. The molecular formula is C16H27N3O3S. The third-order valence-electron chi connectivity index (χ3n) is 3.31. The van der Waals surface area contributed by atoms with E-state index in [4.69, 9.17) is 4.74 Å². The summed E-state index contributed by atoms with van der Waals surface area (Å²) in [6.07, 6.45) is 2.20. The number of rotatable bonds is 9. The first-order valence-corrected chi connectivity index (χ1v) is 9.79. The highest BCUT2D eigenvalue weighted by Crippen LogP contribution is 2.08. The van der Waals surface area contributed by atoms with E-state index in [1.807, 2.05) is 12.1 Å². The maximum absolute atomic E-state index is 11.0.